The molecule has 0 saturated carbocycles. The van der Waals surface area contributed by atoms with E-state index >= 15 is 0 Å². The third-order valence-corrected chi connectivity index (χ3v) is 1.59. The molecule has 0 aromatic heterocycles. The summed E-state index contributed by atoms with van der Waals surface area (Å²) in [5, 5.41) is 8.75. The molecule has 0 N–H and O–H groups in total. The molecule has 0 radical (unpaired) electrons. The van der Waals surface area contributed by atoms with E-state index in [1.165, 1.54) is 0 Å². The fourth-order valence-corrected chi connectivity index (χ4v) is 0.962. The van der Waals surface area contributed by atoms with Gasteiger partial charge in [-0.1, -0.05) is 18.2 Å². The van der Waals surface area contributed by atoms with Gasteiger partial charge in [-0.3, -0.25) is 0 Å². The summed E-state index contributed by atoms with van der Waals surface area (Å²) in [5.41, 5.74) is 1.55. The third-order valence-electron chi connectivity index (χ3n) is 1.59. The molecule has 2 heteroatoms. The van der Waals surface area contributed by atoms with Crippen LogP contribution in [0.5, 0.6) is 0 Å². The molecule has 1 aromatic rings. The first kappa shape index (κ1) is 9.34. The Morgan fingerprint density at radius 2 is 2.23 bits per heavy atom. The Morgan fingerprint density at radius 1 is 1.46 bits per heavy atom. The van der Waals surface area contributed by atoms with Crippen LogP contribution in [0.25, 0.3) is 6.08 Å². The maximum absolute atomic E-state index is 8.75. The first-order valence-electron chi connectivity index (χ1n) is 4.15. The zero-order valence-electron chi connectivity index (χ0n) is 7.53. The first-order valence-corrected chi connectivity index (χ1v) is 4.15. The van der Waals surface area contributed by atoms with Gasteiger partial charge in [-0.25, -0.2) is 0 Å². The normalized spacial score (nSPS) is 9.85. The number of rotatable bonds is 3. The van der Waals surface area contributed by atoms with E-state index < -0.39 is 0 Å². The molecular weight excluding hydrogens is 162 g/mol. The van der Waals surface area contributed by atoms with Crippen LogP contribution in [-0.4, -0.2) is 6.61 Å². The van der Waals surface area contributed by atoms with Gasteiger partial charge in [0.25, 0.3) is 0 Å². The predicted molar refractivity (Wildman–Crippen MR) is 51.8 cm³/mol. The molecular formula is C11H11NO. The van der Waals surface area contributed by atoms with Gasteiger partial charge in [0.1, 0.15) is 0 Å². The van der Waals surface area contributed by atoms with Gasteiger partial charge in [-0.05, 0) is 24.6 Å². The minimum absolute atomic E-state index is 0.644. The van der Waals surface area contributed by atoms with E-state index in [1.54, 1.807) is 18.4 Å². The number of benzene rings is 1. The lowest BCUT2D eigenvalue weighted by atomic mass is 10.1. The highest BCUT2D eigenvalue weighted by atomic mass is 16.5. The molecule has 66 valence electrons. The number of hydrogen-bond donors (Lipinski definition) is 0. The van der Waals surface area contributed by atoms with E-state index in [9.17, 15) is 0 Å². The number of nitriles is 1. The third kappa shape index (κ3) is 2.64. The number of ether oxygens (including phenoxy) is 1. The second-order valence-electron chi connectivity index (χ2n) is 2.46. The van der Waals surface area contributed by atoms with Crippen LogP contribution in [0, 0.1) is 11.3 Å². The van der Waals surface area contributed by atoms with Gasteiger partial charge in [0, 0.05) is 0 Å². The zero-order chi connectivity index (χ0) is 9.52. The maximum Gasteiger partial charge on any atom is 0.0997 e. The van der Waals surface area contributed by atoms with E-state index in [0.717, 1.165) is 5.56 Å². The summed E-state index contributed by atoms with van der Waals surface area (Å²) in [6, 6.07) is 9.52. The topological polar surface area (TPSA) is 33.0 Å². The van der Waals surface area contributed by atoms with Crippen molar-refractivity contribution in [2.75, 3.05) is 6.61 Å². The van der Waals surface area contributed by atoms with Gasteiger partial charge in [-0.2, -0.15) is 5.26 Å². The minimum Gasteiger partial charge on any atom is -0.501 e. The summed E-state index contributed by atoms with van der Waals surface area (Å²) in [6.45, 7) is 2.56. The van der Waals surface area contributed by atoms with E-state index in [4.69, 9.17) is 10.00 Å². The van der Waals surface area contributed by atoms with E-state index in [0.29, 0.717) is 12.2 Å². The quantitative estimate of drug-likeness (QED) is 0.658. The molecule has 2 nitrogen and oxygen atoms in total. The van der Waals surface area contributed by atoms with Crippen molar-refractivity contribution in [2.24, 2.45) is 0 Å². The molecule has 0 aliphatic carbocycles. The van der Waals surface area contributed by atoms with Crippen LogP contribution in [0.4, 0.5) is 0 Å². The van der Waals surface area contributed by atoms with Gasteiger partial charge in [0.05, 0.1) is 24.5 Å². The minimum atomic E-state index is 0.644. The summed E-state index contributed by atoms with van der Waals surface area (Å²) in [6.07, 6.45) is 3.40. The van der Waals surface area contributed by atoms with Crippen LogP contribution in [0.2, 0.25) is 0 Å². The lowest BCUT2D eigenvalue weighted by molar-refractivity contribution is 0.272. The molecule has 1 aromatic carbocycles. The van der Waals surface area contributed by atoms with Gasteiger partial charge < -0.3 is 4.74 Å². The standard InChI is InChI=1S/C11H11NO/c1-2-13-8-7-10-5-3-4-6-11(10)9-12/h3-8H,2H2,1H3/b8-7+. The summed E-state index contributed by atoms with van der Waals surface area (Å²) in [7, 11) is 0. The van der Waals surface area contributed by atoms with Gasteiger partial charge in [0.2, 0.25) is 0 Å². The van der Waals surface area contributed by atoms with E-state index in [1.807, 2.05) is 25.1 Å². The van der Waals surface area contributed by atoms with Crippen molar-refractivity contribution < 1.29 is 4.74 Å². The Hall–Kier alpha value is -1.75. The summed E-state index contributed by atoms with van der Waals surface area (Å²) < 4.78 is 5.05. The van der Waals surface area contributed by atoms with Crippen LogP contribution in [0.1, 0.15) is 18.1 Å². The molecule has 0 unspecified atom stereocenters. The van der Waals surface area contributed by atoms with Crippen LogP contribution in [0.15, 0.2) is 30.5 Å². The SMILES string of the molecule is CCO/C=C/c1ccccc1C#N. The summed E-state index contributed by atoms with van der Waals surface area (Å²) >= 11 is 0. The molecule has 0 aliphatic rings. The molecule has 0 atom stereocenters. The highest BCUT2D eigenvalue weighted by Crippen LogP contribution is 2.08. The number of hydrogen-bond acceptors (Lipinski definition) is 2. The average molecular weight is 173 g/mol. The highest BCUT2D eigenvalue weighted by molar-refractivity contribution is 5.56. The van der Waals surface area contributed by atoms with E-state index in [-0.39, 0.29) is 0 Å². The van der Waals surface area contributed by atoms with Gasteiger partial charge in [0.15, 0.2) is 0 Å². The molecule has 0 heterocycles. The second kappa shape index (κ2) is 5.00. The van der Waals surface area contributed by atoms with Crippen molar-refractivity contribution in [3.8, 4) is 6.07 Å². The Morgan fingerprint density at radius 3 is 2.92 bits per heavy atom. The summed E-state index contributed by atoms with van der Waals surface area (Å²) in [4.78, 5) is 0. The van der Waals surface area contributed by atoms with Gasteiger partial charge >= 0.3 is 0 Å². The highest BCUT2D eigenvalue weighted by Gasteiger charge is 1.94. The molecule has 0 saturated heterocycles. The molecule has 0 fully saturated rings. The Bertz CT molecular complexity index is 336. The fraction of sp³-hybridized carbons (Fsp3) is 0.182. The largest absolute Gasteiger partial charge is 0.501 e. The predicted octanol–water partition coefficient (Wildman–Crippen LogP) is 2.57. The molecule has 1 rings (SSSR count). The fourth-order valence-electron chi connectivity index (χ4n) is 0.962. The zero-order valence-corrected chi connectivity index (χ0v) is 7.53. The van der Waals surface area contributed by atoms with Crippen molar-refractivity contribution in [1.82, 2.24) is 0 Å². The lowest BCUT2D eigenvalue weighted by Crippen LogP contribution is -1.81. The Balaban J connectivity index is 2.82. The Kier molecular flexibility index (Phi) is 3.59. The van der Waals surface area contributed by atoms with Gasteiger partial charge in [-0.15, -0.1) is 0 Å². The average Bonchev–Trinajstić information content (AvgIpc) is 2.19. The molecule has 13 heavy (non-hydrogen) atoms. The van der Waals surface area contributed by atoms with Crippen LogP contribution in [-0.2, 0) is 4.74 Å². The lowest BCUT2D eigenvalue weighted by Gasteiger charge is -1.96. The van der Waals surface area contributed by atoms with Crippen molar-refractivity contribution in [3.63, 3.8) is 0 Å². The molecule has 0 bridgehead atoms. The van der Waals surface area contributed by atoms with Crippen molar-refractivity contribution >= 4 is 6.08 Å². The Labute approximate surface area is 78.1 Å². The van der Waals surface area contributed by atoms with E-state index in [2.05, 4.69) is 6.07 Å². The molecule has 0 aliphatic heterocycles. The maximum atomic E-state index is 8.75. The van der Waals surface area contributed by atoms with Crippen LogP contribution < -0.4 is 0 Å². The summed E-state index contributed by atoms with van der Waals surface area (Å²) in [5.74, 6) is 0. The van der Waals surface area contributed by atoms with Crippen LogP contribution in [0.3, 0.4) is 0 Å². The van der Waals surface area contributed by atoms with Crippen LogP contribution >= 0.6 is 0 Å². The number of nitrogens with zero attached hydrogens (tertiary/aromatic N) is 1. The van der Waals surface area contributed by atoms with Crippen molar-refractivity contribution in [2.45, 2.75) is 6.92 Å². The molecule has 0 amide bonds. The smallest absolute Gasteiger partial charge is 0.0997 e. The first-order chi connectivity index (χ1) is 6.38. The second-order valence-corrected chi connectivity index (χ2v) is 2.46. The van der Waals surface area contributed by atoms with Crippen molar-refractivity contribution in [3.05, 3.63) is 41.7 Å². The van der Waals surface area contributed by atoms with Crippen molar-refractivity contribution in [1.29, 1.82) is 5.26 Å². The molecule has 0 spiro atoms. The monoisotopic (exact) mass is 173 g/mol.